The fourth-order valence-electron chi connectivity index (χ4n) is 2.58. The van der Waals surface area contributed by atoms with Gasteiger partial charge in [0.2, 0.25) is 5.91 Å². The Labute approximate surface area is 172 Å². The maximum atomic E-state index is 12.3. The number of rotatable bonds is 6. The highest BCUT2D eigenvalue weighted by atomic mass is 35.5. The van der Waals surface area contributed by atoms with Crippen molar-refractivity contribution in [1.82, 2.24) is 20.1 Å². The highest BCUT2D eigenvalue weighted by Gasteiger charge is 2.16. The Morgan fingerprint density at radius 1 is 1.19 bits per heavy atom. The van der Waals surface area contributed by atoms with E-state index in [1.54, 1.807) is 18.2 Å². The molecule has 5 nitrogen and oxygen atoms in total. The van der Waals surface area contributed by atoms with Crippen molar-refractivity contribution in [2.24, 2.45) is 7.05 Å². The third-order valence-electron chi connectivity index (χ3n) is 4.02. The minimum Gasteiger partial charge on any atom is -0.349 e. The zero-order valence-corrected chi connectivity index (χ0v) is 17.1. The number of benzene rings is 2. The lowest BCUT2D eigenvalue weighted by molar-refractivity contribution is -0.119. The number of nitrogens with zero attached hydrogens (tertiary/aromatic N) is 3. The molecule has 27 heavy (non-hydrogen) atoms. The van der Waals surface area contributed by atoms with Gasteiger partial charge in [0.25, 0.3) is 0 Å². The molecule has 1 N–H and O–H groups in total. The maximum Gasteiger partial charge on any atom is 0.230 e. The lowest BCUT2D eigenvalue weighted by atomic mass is 10.1. The second kappa shape index (κ2) is 8.78. The van der Waals surface area contributed by atoms with E-state index in [4.69, 9.17) is 23.2 Å². The first-order valence-corrected chi connectivity index (χ1v) is 10.0. The molecule has 8 heteroatoms. The van der Waals surface area contributed by atoms with Gasteiger partial charge in [0, 0.05) is 17.6 Å². The molecule has 2 aromatic carbocycles. The molecule has 1 atom stereocenters. The Hall–Kier alpha value is -2.02. The first kappa shape index (κ1) is 19.7. The molecule has 3 rings (SSSR count). The van der Waals surface area contributed by atoms with Gasteiger partial charge in [-0.2, -0.15) is 0 Å². The maximum absolute atomic E-state index is 12.3. The highest BCUT2D eigenvalue weighted by Crippen LogP contribution is 2.30. The molecule has 0 bridgehead atoms. The Morgan fingerprint density at radius 2 is 1.93 bits per heavy atom. The van der Waals surface area contributed by atoms with Gasteiger partial charge in [-0.05, 0) is 30.7 Å². The summed E-state index contributed by atoms with van der Waals surface area (Å²) in [4.78, 5) is 12.3. The van der Waals surface area contributed by atoms with E-state index in [2.05, 4.69) is 15.5 Å². The second-order valence-corrected chi connectivity index (χ2v) is 7.76. The number of nitrogens with one attached hydrogen (secondary N) is 1. The molecule has 0 aliphatic heterocycles. The number of aromatic nitrogens is 3. The van der Waals surface area contributed by atoms with Crippen LogP contribution in [0.4, 0.5) is 0 Å². The van der Waals surface area contributed by atoms with Gasteiger partial charge < -0.3 is 9.88 Å². The molecule has 0 saturated carbocycles. The van der Waals surface area contributed by atoms with Crippen LogP contribution in [0.1, 0.15) is 18.5 Å². The predicted octanol–water partition coefficient (Wildman–Crippen LogP) is 4.76. The van der Waals surface area contributed by atoms with Crippen LogP contribution < -0.4 is 5.32 Å². The van der Waals surface area contributed by atoms with Crippen molar-refractivity contribution in [1.29, 1.82) is 0 Å². The number of amides is 1. The fraction of sp³-hybridized carbons (Fsp3) is 0.211. The van der Waals surface area contributed by atoms with Gasteiger partial charge in [-0.1, -0.05) is 65.3 Å². The minimum atomic E-state index is -0.0644. The Balaban J connectivity index is 1.63. The molecule has 0 saturated heterocycles. The van der Waals surface area contributed by atoms with E-state index in [-0.39, 0.29) is 17.7 Å². The summed E-state index contributed by atoms with van der Waals surface area (Å²) in [6, 6.07) is 15.0. The van der Waals surface area contributed by atoms with Gasteiger partial charge >= 0.3 is 0 Å². The van der Waals surface area contributed by atoms with E-state index in [1.165, 1.54) is 11.8 Å². The molecule has 0 spiro atoms. The average molecular weight is 421 g/mol. The SMILES string of the molecule is C[C@H](NC(=O)CSc1nnc(-c2ccc(Cl)cc2Cl)n1C)c1ccccc1. The first-order chi connectivity index (χ1) is 13.0. The summed E-state index contributed by atoms with van der Waals surface area (Å²) in [7, 11) is 1.84. The normalized spacial score (nSPS) is 12.0. The topological polar surface area (TPSA) is 59.8 Å². The molecule has 0 aliphatic carbocycles. The molecule has 1 aromatic heterocycles. The van der Waals surface area contributed by atoms with Crippen LogP contribution in [-0.4, -0.2) is 26.4 Å². The van der Waals surface area contributed by atoms with Crippen molar-refractivity contribution in [3.63, 3.8) is 0 Å². The third kappa shape index (κ3) is 4.83. The van der Waals surface area contributed by atoms with Crippen molar-refractivity contribution in [3.8, 4) is 11.4 Å². The van der Waals surface area contributed by atoms with Crippen molar-refractivity contribution in [2.75, 3.05) is 5.75 Å². The fourth-order valence-corrected chi connectivity index (χ4v) is 3.80. The van der Waals surface area contributed by atoms with E-state index in [0.29, 0.717) is 21.0 Å². The summed E-state index contributed by atoms with van der Waals surface area (Å²) in [5.74, 6) is 0.806. The Bertz CT molecular complexity index is 946. The molecule has 1 heterocycles. The summed E-state index contributed by atoms with van der Waals surface area (Å²) in [6.45, 7) is 1.96. The molecular formula is C19H18Cl2N4OS. The molecule has 140 valence electrons. The number of carbonyl (C=O) groups excluding carboxylic acids is 1. The van der Waals surface area contributed by atoms with E-state index in [9.17, 15) is 4.79 Å². The second-order valence-electron chi connectivity index (χ2n) is 5.98. The molecule has 1 amide bonds. The van der Waals surface area contributed by atoms with Gasteiger partial charge in [0.15, 0.2) is 11.0 Å². The van der Waals surface area contributed by atoms with E-state index < -0.39 is 0 Å². The van der Waals surface area contributed by atoms with Crippen LogP contribution in [0.5, 0.6) is 0 Å². The molecule has 0 fully saturated rings. The zero-order valence-electron chi connectivity index (χ0n) is 14.8. The van der Waals surface area contributed by atoms with Crippen molar-refractivity contribution in [3.05, 3.63) is 64.1 Å². The monoisotopic (exact) mass is 420 g/mol. The minimum absolute atomic E-state index is 0.0535. The molecule has 0 aliphatic rings. The van der Waals surface area contributed by atoms with Gasteiger partial charge in [-0.3, -0.25) is 4.79 Å². The first-order valence-electron chi connectivity index (χ1n) is 8.27. The van der Waals surface area contributed by atoms with Gasteiger partial charge in [0.1, 0.15) is 0 Å². The van der Waals surface area contributed by atoms with Crippen molar-refractivity contribution < 1.29 is 4.79 Å². The van der Waals surface area contributed by atoms with Crippen LogP contribution in [0, 0.1) is 0 Å². The van der Waals surface area contributed by atoms with Crippen LogP contribution >= 0.6 is 35.0 Å². The van der Waals surface area contributed by atoms with Crippen LogP contribution in [-0.2, 0) is 11.8 Å². The zero-order chi connectivity index (χ0) is 19.4. The Kier molecular flexibility index (Phi) is 6.42. The molecular weight excluding hydrogens is 403 g/mol. The van der Waals surface area contributed by atoms with Crippen molar-refractivity contribution in [2.45, 2.75) is 18.1 Å². The summed E-state index contributed by atoms with van der Waals surface area (Å²) >= 11 is 13.5. The third-order valence-corrected chi connectivity index (χ3v) is 5.58. The lowest BCUT2D eigenvalue weighted by Crippen LogP contribution is -2.28. The number of hydrogen-bond acceptors (Lipinski definition) is 4. The van der Waals surface area contributed by atoms with E-state index in [0.717, 1.165) is 11.1 Å². The summed E-state index contributed by atoms with van der Waals surface area (Å²) in [5, 5.41) is 13.1. The number of hydrogen-bond donors (Lipinski definition) is 1. The quantitative estimate of drug-likeness (QED) is 0.583. The summed E-state index contributed by atoms with van der Waals surface area (Å²) in [5.41, 5.74) is 1.80. The van der Waals surface area contributed by atoms with E-state index in [1.807, 2.05) is 48.9 Å². The molecule has 0 unspecified atom stereocenters. The summed E-state index contributed by atoms with van der Waals surface area (Å²) in [6.07, 6.45) is 0. The van der Waals surface area contributed by atoms with Crippen LogP contribution in [0.2, 0.25) is 10.0 Å². The molecule has 0 radical (unpaired) electrons. The van der Waals surface area contributed by atoms with Crippen LogP contribution in [0.3, 0.4) is 0 Å². The smallest absolute Gasteiger partial charge is 0.230 e. The molecule has 3 aromatic rings. The Morgan fingerprint density at radius 3 is 2.63 bits per heavy atom. The van der Waals surface area contributed by atoms with Gasteiger partial charge in [-0.15, -0.1) is 10.2 Å². The lowest BCUT2D eigenvalue weighted by Gasteiger charge is -2.14. The number of thioether (sulfide) groups is 1. The van der Waals surface area contributed by atoms with Crippen LogP contribution in [0.25, 0.3) is 11.4 Å². The van der Waals surface area contributed by atoms with Gasteiger partial charge in [0.05, 0.1) is 16.8 Å². The van der Waals surface area contributed by atoms with Crippen LogP contribution in [0.15, 0.2) is 53.7 Å². The van der Waals surface area contributed by atoms with Crippen molar-refractivity contribution >= 4 is 40.9 Å². The largest absolute Gasteiger partial charge is 0.349 e. The number of halogens is 2. The standard InChI is InChI=1S/C19H18Cl2N4OS/c1-12(13-6-4-3-5-7-13)22-17(26)11-27-19-24-23-18(25(19)2)15-9-8-14(20)10-16(15)21/h3-10,12H,11H2,1-2H3,(H,22,26)/t12-/m0/s1. The highest BCUT2D eigenvalue weighted by molar-refractivity contribution is 7.99. The number of carbonyl (C=O) groups is 1. The average Bonchev–Trinajstić information content (AvgIpc) is 3.01. The van der Waals surface area contributed by atoms with Gasteiger partial charge in [-0.25, -0.2) is 0 Å². The predicted molar refractivity (Wildman–Crippen MR) is 110 cm³/mol. The van der Waals surface area contributed by atoms with E-state index >= 15 is 0 Å². The summed E-state index contributed by atoms with van der Waals surface area (Å²) < 4.78 is 1.81.